The number of carbonyl (C=O) groups excluding carboxylic acids is 1. The summed E-state index contributed by atoms with van der Waals surface area (Å²) in [5, 5.41) is 10.1. The molecule has 3 N–H and O–H groups in total. The topological polar surface area (TPSA) is 56.4 Å². The predicted octanol–water partition coefficient (Wildman–Crippen LogP) is 6.76. The molecule has 2 aliphatic heterocycles. The molecule has 6 rings (SSSR count). The van der Waals surface area contributed by atoms with E-state index in [0.717, 1.165) is 36.5 Å². The second kappa shape index (κ2) is 19.4. The summed E-state index contributed by atoms with van der Waals surface area (Å²) in [7, 11) is 4.08. The van der Waals surface area contributed by atoms with Crippen molar-refractivity contribution in [1.82, 2.24) is 20.9 Å². The maximum Gasteiger partial charge on any atom is 0.124 e. The van der Waals surface area contributed by atoms with Crippen LogP contribution in [-0.2, 0) is 4.79 Å². The third-order valence-electron chi connectivity index (χ3n) is 10.6. The monoisotopic (exact) mass is 588 g/mol. The molecule has 5 nitrogen and oxygen atoms in total. The summed E-state index contributed by atoms with van der Waals surface area (Å²) in [5.74, 6) is 2.73. The second-order valence-electron chi connectivity index (χ2n) is 13.3. The van der Waals surface area contributed by atoms with Gasteiger partial charge in [-0.3, -0.25) is 0 Å². The highest BCUT2D eigenvalue weighted by Gasteiger charge is 2.28. The molecule has 238 valence electrons. The SMILES string of the molecule is CN[C@@H]1CCCC[C@H]1C=O.CN[C@@H]1CCCC[C@H]1CN1CCC(c2ccccc2)CC1.c1ccc(C2CCNCC2)cc1. The van der Waals surface area contributed by atoms with Gasteiger partial charge in [0.15, 0.2) is 0 Å². The first-order valence-corrected chi connectivity index (χ1v) is 17.5. The Morgan fingerprint density at radius 3 is 1.72 bits per heavy atom. The van der Waals surface area contributed by atoms with Crippen molar-refractivity contribution in [3.8, 4) is 0 Å². The molecule has 2 aromatic rings. The van der Waals surface area contributed by atoms with Crippen LogP contribution in [0, 0.1) is 11.8 Å². The maximum atomic E-state index is 10.5. The van der Waals surface area contributed by atoms with Crippen molar-refractivity contribution in [1.29, 1.82) is 0 Å². The van der Waals surface area contributed by atoms with E-state index in [1.165, 1.54) is 109 Å². The fourth-order valence-electron chi connectivity index (χ4n) is 7.87. The van der Waals surface area contributed by atoms with Gasteiger partial charge in [0, 0.05) is 24.5 Å². The van der Waals surface area contributed by atoms with Gasteiger partial charge in [-0.2, -0.15) is 0 Å². The highest BCUT2D eigenvalue weighted by Crippen LogP contribution is 2.31. The minimum atomic E-state index is 0.277. The number of hydrogen-bond acceptors (Lipinski definition) is 5. The van der Waals surface area contributed by atoms with Gasteiger partial charge >= 0.3 is 0 Å². The highest BCUT2D eigenvalue weighted by molar-refractivity contribution is 5.54. The van der Waals surface area contributed by atoms with Crippen LogP contribution >= 0.6 is 0 Å². The average molecular weight is 589 g/mol. The van der Waals surface area contributed by atoms with Crippen molar-refractivity contribution in [3.63, 3.8) is 0 Å². The van der Waals surface area contributed by atoms with E-state index in [2.05, 4.69) is 88.6 Å². The van der Waals surface area contributed by atoms with Gasteiger partial charge in [-0.05, 0) is 121 Å². The van der Waals surface area contributed by atoms with Crippen LogP contribution in [-0.4, -0.2) is 70.1 Å². The lowest BCUT2D eigenvalue weighted by Crippen LogP contribution is -2.44. The van der Waals surface area contributed by atoms with Crippen molar-refractivity contribution in [2.24, 2.45) is 11.8 Å². The molecule has 0 radical (unpaired) electrons. The Bertz CT molecular complexity index is 988. The summed E-state index contributed by atoms with van der Waals surface area (Å²) in [5.41, 5.74) is 3.06. The Kier molecular flexibility index (Phi) is 15.2. The molecule has 4 fully saturated rings. The van der Waals surface area contributed by atoms with Gasteiger partial charge in [0.2, 0.25) is 0 Å². The minimum absolute atomic E-state index is 0.277. The summed E-state index contributed by atoms with van der Waals surface area (Å²) in [6, 6.07) is 23.2. The Balaban J connectivity index is 0.000000163. The zero-order chi connectivity index (χ0) is 30.1. The smallest absolute Gasteiger partial charge is 0.124 e. The third-order valence-corrected chi connectivity index (χ3v) is 10.6. The number of likely N-dealkylation sites (tertiary alicyclic amines) is 1. The second-order valence-corrected chi connectivity index (χ2v) is 13.3. The van der Waals surface area contributed by atoms with Crippen LogP contribution in [0.3, 0.4) is 0 Å². The van der Waals surface area contributed by atoms with Gasteiger partial charge in [0.1, 0.15) is 6.29 Å². The van der Waals surface area contributed by atoms with E-state index in [1.54, 1.807) is 5.56 Å². The molecule has 4 atom stereocenters. The molecule has 2 saturated carbocycles. The lowest BCUT2D eigenvalue weighted by Gasteiger charge is -2.38. The number of rotatable bonds is 7. The van der Waals surface area contributed by atoms with Crippen LogP contribution in [0.25, 0.3) is 0 Å². The van der Waals surface area contributed by atoms with E-state index in [4.69, 9.17) is 0 Å². The Morgan fingerprint density at radius 1 is 0.674 bits per heavy atom. The molecular formula is C38H60N4O. The summed E-state index contributed by atoms with van der Waals surface area (Å²) in [6.45, 7) is 6.24. The molecule has 0 unspecified atom stereocenters. The van der Waals surface area contributed by atoms with Gasteiger partial charge in [-0.1, -0.05) is 86.3 Å². The van der Waals surface area contributed by atoms with Gasteiger partial charge in [0.25, 0.3) is 0 Å². The summed E-state index contributed by atoms with van der Waals surface area (Å²) >= 11 is 0. The lowest BCUT2D eigenvalue weighted by molar-refractivity contribution is -0.112. The predicted molar refractivity (Wildman–Crippen MR) is 182 cm³/mol. The third kappa shape index (κ3) is 11.1. The number of benzene rings is 2. The fourth-order valence-corrected chi connectivity index (χ4v) is 7.87. The molecule has 2 aromatic carbocycles. The Hall–Kier alpha value is -2.05. The van der Waals surface area contributed by atoms with Crippen LogP contribution in [0.1, 0.15) is 100 Å². The lowest BCUT2D eigenvalue weighted by atomic mass is 9.83. The van der Waals surface area contributed by atoms with E-state index in [-0.39, 0.29) is 5.92 Å². The molecule has 43 heavy (non-hydrogen) atoms. The number of nitrogens with zero attached hydrogens (tertiary/aromatic N) is 1. The number of piperidine rings is 2. The molecule has 4 aliphatic rings. The summed E-state index contributed by atoms with van der Waals surface area (Å²) < 4.78 is 0. The van der Waals surface area contributed by atoms with Crippen LogP contribution < -0.4 is 16.0 Å². The number of carbonyl (C=O) groups is 1. The Labute approximate surface area is 263 Å². The minimum Gasteiger partial charge on any atom is -0.317 e. The average Bonchev–Trinajstić information content (AvgIpc) is 3.10. The van der Waals surface area contributed by atoms with Crippen molar-refractivity contribution in [2.75, 3.05) is 46.8 Å². The quantitative estimate of drug-likeness (QED) is 0.312. The van der Waals surface area contributed by atoms with Gasteiger partial charge in [-0.15, -0.1) is 0 Å². The van der Waals surface area contributed by atoms with Crippen LogP contribution in [0.15, 0.2) is 60.7 Å². The van der Waals surface area contributed by atoms with Crippen molar-refractivity contribution in [3.05, 3.63) is 71.8 Å². The maximum absolute atomic E-state index is 10.5. The first kappa shape index (κ1) is 33.8. The summed E-state index contributed by atoms with van der Waals surface area (Å²) in [6.07, 6.45) is 16.7. The molecule has 2 heterocycles. The number of aldehydes is 1. The van der Waals surface area contributed by atoms with Crippen LogP contribution in [0.2, 0.25) is 0 Å². The molecule has 0 bridgehead atoms. The van der Waals surface area contributed by atoms with Crippen LogP contribution in [0.4, 0.5) is 0 Å². The molecule has 0 aromatic heterocycles. The molecule has 2 saturated heterocycles. The molecule has 0 amide bonds. The van der Waals surface area contributed by atoms with E-state index in [1.807, 2.05) is 7.05 Å². The molecular weight excluding hydrogens is 528 g/mol. The van der Waals surface area contributed by atoms with E-state index in [0.29, 0.717) is 6.04 Å². The number of hydrogen-bond donors (Lipinski definition) is 3. The molecule has 2 aliphatic carbocycles. The zero-order valence-corrected chi connectivity index (χ0v) is 27.2. The van der Waals surface area contributed by atoms with Crippen molar-refractivity contribution in [2.45, 2.75) is 101 Å². The number of nitrogens with one attached hydrogen (secondary N) is 3. The normalized spacial score (nSPS) is 27.2. The van der Waals surface area contributed by atoms with Gasteiger partial charge in [0.05, 0.1) is 0 Å². The van der Waals surface area contributed by atoms with Crippen molar-refractivity contribution < 1.29 is 4.79 Å². The van der Waals surface area contributed by atoms with Crippen molar-refractivity contribution >= 4 is 6.29 Å². The zero-order valence-electron chi connectivity index (χ0n) is 27.2. The van der Waals surface area contributed by atoms with Gasteiger partial charge < -0.3 is 25.6 Å². The standard InChI is InChI=1S/C19H30N2.C11H15N.C8H15NO/c1-20-19-10-6-5-9-18(19)15-21-13-11-17(12-14-21)16-7-3-2-4-8-16;1-2-4-10(5-3-1)11-6-8-12-9-7-11;1-9-8-5-3-2-4-7(8)6-10/h2-4,7-8,17-20H,5-6,9-15H2,1H3;1-5,11-12H,6-9H2;6-9H,2-5H2,1H3/t18-,19+;;7-,8+/m0.0/s1. The summed E-state index contributed by atoms with van der Waals surface area (Å²) in [4.78, 5) is 13.2. The van der Waals surface area contributed by atoms with Gasteiger partial charge in [-0.25, -0.2) is 0 Å². The highest BCUT2D eigenvalue weighted by atomic mass is 16.1. The van der Waals surface area contributed by atoms with E-state index < -0.39 is 0 Å². The molecule has 0 spiro atoms. The first-order chi connectivity index (χ1) is 21.2. The first-order valence-electron chi connectivity index (χ1n) is 17.5. The van der Waals surface area contributed by atoms with E-state index in [9.17, 15) is 4.79 Å². The Morgan fingerprint density at radius 2 is 1.19 bits per heavy atom. The van der Waals surface area contributed by atoms with Crippen LogP contribution in [0.5, 0.6) is 0 Å². The molecule has 5 heteroatoms. The largest absolute Gasteiger partial charge is 0.317 e. The fraction of sp³-hybridized carbons (Fsp3) is 0.658. The van der Waals surface area contributed by atoms with E-state index >= 15 is 0 Å².